The molecule has 11 heteroatoms. The third-order valence-corrected chi connectivity index (χ3v) is 7.26. The molecule has 4 aromatic rings. The first-order valence-corrected chi connectivity index (χ1v) is 15.0. The molecule has 4 N–H and O–H groups in total. The van der Waals surface area contributed by atoms with Crippen LogP contribution in [0.1, 0.15) is 42.9 Å². The number of anilines is 3. The third kappa shape index (κ3) is 8.83. The lowest BCUT2D eigenvalue weighted by Crippen LogP contribution is -2.33. The number of halogens is 1. The number of hydrogen-bond donors (Lipinski definition) is 4. The number of methoxy groups -OCH3 is 1. The molecule has 0 aliphatic carbocycles. The fourth-order valence-corrected chi connectivity index (χ4v) is 4.74. The third-order valence-electron chi connectivity index (χ3n) is 6.95. The van der Waals surface area contributed by atoms with Gasteiger partial charge in [0, 0.05) is 17.8 Å². The molecule has 4 rings (SSSR count). The van der Waals surface area contributed by atoms with Crippen LogP contribution in [0.4, 0.5) is 21.9 Å². The number of phenolic OH excluding ortho intramolecular Hbond substituents is 1. The summed E-state index contributed by atoms with van der Waals surface area (Å²) in [7, 11) is 1.55. The van der Waals surface area contributed by atoms with Crippen molar-refractivity contribution < 1.29 is 28.9 Å². The number of phenols is 1. The number of carbonyl (C=O) groups excluding carboxylic acids is 2. The van der Waals surface area contributed by atoms with Gasteiger partial charge in [-0.25, -0.2) is 4.79 Å². The van der Waals surface area contributed by atoms with Crippen LogP contribution in [0.2, 0.25) is 5.02 Å². The fourth-order valence-electron chi connectivity index (χ4n) is 4.52. The molecular weight excluding hydrogens is 608 g/mol. The van der Waals surface area contributed by atoms with Crippen molar-refractivity contribution >= 4 is 40.6 Å². The molecule has 0 heterocycles. The average Bonchev–Trinajstić information content (AvgIpc) is 3.02. The number of nitriles is 1. The number of aryl methyl sites for hydroxylation is 2. The van der Waals surface area contributed by atoms with Crippen LogP contribution in [-0.4, -0.2) is 30.3 Å². The van der Waals surface area contributed by atoms with E-state index in [1.807, 2.05) is 45.0 Å². The molecule has 0 aliphatic heterocycles. The van der Waals surface area contributed by atoms with Crippen molar-refractivity contribution in [3.05, 3.63) is 94.5 Å². The molecular formula is C35H35ClN4O6. The molecule has 0 aliphatic rings. The molecule has 0 aromatic heterocycles. The van der Waals surface area contributed by atoms with Gasteiger partial charge >= 0.3 is 6.03 Å². The summed E-state index contributed by atoms with van der Waals surface area (Å²) in [6, 6.07) is 20.9. The van der Waals surface area contributed by atoms with Crippen molar-refractivity contribution in [2.24, 2.45) is 0 Å². The summed E-state index contributed by atoms with van der Waals surface area (Å²) < 4.78 is 17.5. The van der Waals surface area contributed by atoms with Crippen LogP contribution in [0.3, 0.4) is 0 Å². The van der Waals surface area contributed by atoms with Crippen LogP contribution < -0.4 is 30.2 Å². The predicted molar refractivity (Wildman–Crippen MR) is 178 cm³/mol. The Kier molecular flexibility index (Phi) is 11.3. The van der Waals surface area contributed by atoms with Crippen LogP contribution in [0, 0.1) is 25.2 Å². The SMILES string of the molecule is CCCCC(Oc1ccc(C)cc1C)C(=O)Nc1cc(O)c(NC(=O)Nc2ccc(C#N)c(Cl)c2)cc1Oc1ccc(OC)cc1. The smallest absolute Gasteiger partial charge is 0.323 e. The van der Waals surface area contributed by atoms with Crippen LogP contribution in [0.15, 0.2) is 72.8 Å². The molecule has 0 radical (unpaired) electrons. The number of benzene rings is 4. The summed E-state index contributed by atoms with van der Waals surface area (Å²) in [6.45, 7) is 5.94. The van der Waals surface area contributed by atoms with E-state index in [2.05, 4.69) is 16.0 Å². The number of urea groups is 1. The second-order valence-electron chi connectivity index (χ2n) is 10.5. The summed E-state index contributed by atoms with van der Waals surface area (Å²) >= 11 is 6.08. The number of aromatic hydroxyl groups is 1. The lowest BCUT2D eigenvalue weighted by Gasteiger charge is -2.21. The van der Waals surface area contributed by atoms with Crippen molar-refractivity contribution in [1.82, 2.24) is 0 Å². The van der Waals surface area contributed by atoms with Gasteiger partial charge in [0.05, 0.1) is 29.1 Å². The second kappa shape index (κ2) is 15.5. The Labute approximate surface area is 272 Å². The first kappa shape index (κ1) is 33.5. The zero-order chi connectivity index (χ0) is 33.2. The molecule has 4 aromatic carbocycles. The van der Waals surface area contributed by atoms with Gasteiger partial charge in [-0.1, -0.05) is 42.6 Å². The highest BCUT2D eigenvalue weighted by molar-refractivity contribution is 6.32. The van der Waals surface area contributed by atoms with Gasteiger partial charge in [0.2, 0.25) is 0 Å². The van der Waals surface area contributed by atoms with Crippen LogP contribution in [0.25, 0.3) is 0 Å². The van der Waals surface area contributed by atoms with Crippen molar-refractivity contribution in [3.63, 3.8) is 0 Å². The fraction of sp³-hybridized carbons (Fsp3) is 0.229. The molecule has 10 nitrogen and oxygen atoms in total. The van der Waals surface area contributed by atoms with Gasteiger partial charge in [-0.05, 0) is 80.8 Å². The Morgan fingerprint density at radius 3 is 2.30 bits per heavy atom. The number of amides is 3. The van der Waals surface area contributed by atoms with E-state index in [9.17, 15) is 14.7 Å². The number of rotatable bonds is 12. The Morgan fingerprint density at radius 1 is 0.913 bits per heavy atom. The maximum Gasteiger partial charge on any atom is 0.323 e. The van der Waals surface area contributed by atoms with Crippen molar-refractivity contribution in [2.75, 3.05) is 23.1 Å². The zero-order valence-corrected chi connectivity index (χ0v) is 26.7. The number of ether oxygens (including phenoxy) is 3. The number of nitrogens with zero attached hydrogens (tertiary/aromatic N) is 1. The highest BCUT2D eigenvalue weighted by atomic mass is 35.5. The van der Waals surface area contributed by atoms with Gasteiger partial charge in [-0.15, -0.1) is 0 Å². The Balaban J connectivity index is 1.62. The summed E-state index contributed by atoms with van der Waals surface area (Å²) in [4.78, 5) is 26.5. The lowest BCUT2D eigenvalue weighted by molar-refractivity contribution is -0.123. The summed E-state index contributed by atoms with van der Waals surface area (Å²) in [5.41, 5.74) is 2.76. The minimum atomic E-state index is -0.819. The Hall–Kier alpha value is -5.40. The van der Waals surface area contributed by atoms with Crippen molar-refractivity contribution in [2.45, 2.75) is 46.1 Å². The summed E-state index contributed by atoms with van der Waals surface area (Å²) in [6.07, 6.45) is 1.27. The normalized spacial score (nSPS) is 11.1. The van der Waals surface area contributed by atoms with E-state index in [1.165, 1.54) is 30.3 Å². The molecule has 1 atom stereocenters. The molecule has 46 heavy (non-hydrogen) atoms. The van der Waals surface area contributed by atoms with Gasteiger partial charge in [0.15, 0.2) is 11.9 Å². The van der Waals surface area contributed by atoms with Gasteiger partial charge < -0.3 is 35.3 Å². The van der Waals surface area contributed by atoms with Crippen LogP contribution in [0.5, 0.6) is 28.7 Å². The molecule has 0 bridgehead atoms. The molecule has 0 spiro atoms. The standard InChI is InChI=1S/C35H35ClN4O6/c1-5-6-7-32(46-31-15-8-21(2)16-22(31)3)34(42)39-29-18-30(41)28(19-33(29)45-26-13-11-25(44-4)12-14-26)40-35(43)38-24-10-9-23(20-37)27(36)17-24/h8-19,32,41H,5-7H2,1-4H3,(H,39,42)(H2,38,40,43). The number of nitrogens with one attached hydrogen (secondary N) is 3. The second-order valence-corrected chi connectivity index (χ2v) is 10.9. The van der Waals surface area contributed by atoms with E-state index < -0.39 is 18.0 Å². The molecule has 0 fully saturated rings. The molecule has 3 amide bonds. The molecule has 1 unspecified atom stereocenters. The van der Waals surface area contributed by atoms with E-state index in [-0.39, 0.29) is 33.5 Å². The topological polar surface area (TPSA) is 142 Å². The molecule has 0 saturated heterocycles. The first-order chi connectivity index (χ1) is 22.1. The van der Waals surface area contributed by atoms with Gasteiger partial charge in [0.25, 0.3) is 5.91 Å². The van der Waals surface area contributed by atoms with Crippen LogP contribution in [-0.2, 0) is 4.79 Å². The van der Waals surface area contributed by atoms with E-state index in [0.717, 1.165) is 24.0 Å². The van der Waals surface area contributed by atoms with Gasteiger partial charge in [0.1, 0.15) is 29.1 Å². The summed E-state index contributed by atoms with van der Waals surface area (Å²) in [5.74, 6) is 1.03. The number of hydrogen-bond acceptors (Lipinski definition) is 7. The number of carbonyl (C=O) groups is 2. The highest BCUT2D eigenvalue weighted by Crippen LogP contribution is 2.39. The highest BCUT2D eigenvalue weighted by Gasteiger charge is 2.24. The summed E-state index contributed by atoms with van der Waals surface area (Å²) in [5, 5.41) is 28.2. The predicted octanol–water partition coefficient (Wildman–Crippen LogP) is 8.56. The first-order valence-electron chi connectivity index (χ1n) is 14.6. The van der Waals surface area contributed by atoms with Gasteiger partial charge in [-0.3, -0.25) is 4.79 Å². The largest absolute Gasteiger partial charge is 0.506 e. The van der Waals surface area contributed by atoms with E-state index >= 15 is 0 Å². The zero-order valence-electron chi connectivity index (χ0n) is 25.9. The quantitative estimate of drug-likeness (QED) is 0.113. The van der Waals surface area contributed by atoms with E-state index in [1.54, 1.807) is 31.4 Å². The molecule has 238 valence electrons. The van der Waals surface area contributed by atoms with E-state index in [0.29, 0.717) is 29.4 Å². The number of unbranched alkanes of at least 4 members (excludes halogenated alkanes) is 1. The Morgan fingerprint density at radius 2 is 1.65 bits per heavy atom. The minimum absolute atomic E-state index is 0.00724. The van der Waals surface area contributed by atoms with Crippen molar-refractivity contribution in [3.8, 4) is 34.8 Å². The van der Waals surface area contributed by atoms with Crippen molar-refractivity contribution in [1.29, 1.82) is 5.26 Å². The lowest BCUT2D eigenvalue weighted by atomic mass is 10.1. The maximum atomic E-state index is 13.6. The monoisotopic (exact) mass is 642 g/mol. The van der Waals surface area contributed by atoms with Crippen LogP contribution >= 0.6 is 11.6 Å². The molecule has 0 saturated carbocycles. The minimum Gasteiger partial charge on any atom is -0.506 e. The maximum absolute atomic E-state index is 13.6. The Bertz CT molecular complexity index is 1750. The average molecular weight is 643 g/mol. The van der Waals surface area contributed by atoms with E-state index in [4.69, 9.17) is 31.1 Å². The van der Waals surface area contributed by atoms with Gasteiger partial charge in [-0.2, -0.15) is 5.26 Å².